The molecule has 4 nitrogen and oxygen atoms in total. The largest absolute Gasteiger partial charge is 0.466 e. The lowest BCUT2D eigenvalue weighted by Crippen LogP contribution is -2.07. The molecule has 172 valence electrons. The molecule has 0 bridgehead atoms. The maximum absolute atomic E-state index is 11.7. The Morgan fingerprint density at radius 2 is 0.759 bits per heavy atom. The van der Waals surface area contributed by atoms with Crippen LogP contribution in [0.25, 0.3) is 0 Å². The van der Waals surface area contributed by atoms with E-state index in [1.165, 1.54) is 64.2 Å². The summed E-state index contributed by atoms with van der Waals surface area (Å²) in [5.74, 6) is -0.201. The quantitative estimate of drug-likeness (QED) is 0.136. The smallest absolute Gasteiger partial charge is 0.305 e. The predicted octanol–water partition coefficient (Wildman–Crippen LogP) is 7.52. The molecule has 0 radical (unpaired) electrons. The fourth-order valence-corrected chi connectivity index (χ4v) is 3.35. The van der Waals surface area contributed by atoms with E-state index in [2.05, 4.69) is 13.8 Å². The van der Waals surface area contributed by atoms with E-state index < -0.39 is 0 Å². The van der Waals surface area contributed by atoms with Gasteiger partial charge in [-0.1, -0.05) is 97.3 Å². The molecule has 0 aromatic heterocycles. The van der Waals surface area contributed by atoms with Gasteiger partial charge in [0.15, 0.2) is 0 Å². The number of hydrogen-bond acceptors (Lipinski definition) is 4. The summed E-state index contributed by atoms with van der Waals surface area (Å²) in [4.78, 5) is 23.3. The van der Waals surface area contributed by atoms with Gasteiger partial charge in [-0.2, -0.15) is 0 Å². The molecule has 0 heterocycles. The van der Waals surface area contributed by atoms with E-state index in [4.69, 9.17) is 9.47 Å². The van der Waals surface area contributed by atoms with Gasteiger partial charge in [0.2, 0.25) is 0 Å². The molecule has 0 aromatic carbocycles. The number of ether oxygens (including phenoxy) is 2. The molecule has 0 fully saturated rings. The SMILES string of the molecule is CCCCCCCCCCCOC(=O)CCCCCC(=O)OCCCCCCC. The van der Waals surface area contributed by atoms with Crippen molar-refractivity contribution < 1.29 is 19.1 Å². The van der Waals surface area contributed by atoms with Crippen LogP contribution >= 0.6 is 0 Å². The zero-order chi connectivity index (χ0) is 21.4. The van der Waals surface area contributed by atoms with Gasteiger partial charge in [0.05, 0.1) is 13.2 Å². The minimum absolute atomic E-state index is 0.0979. The highest BCUT2D eigenvalue weighted by atomic mass is 16.5. The van der Waals surface area contributed by atoms with Crippen LogP contribution in [0.5, 0.6) is 0 Å². The van der Waals surface area contributed by atoms with Crippen molar-refractivity contribution >= 4 is 11.9 Å². The molecule has 0 amide bonds. The Morgan fingerprint density at radius 3 is 1.14 bits per heavy atom. The zero-order valence-corrected chi connectivity index (χ0v) is 19.5. The van der Waals surface area contributed by atoms with Crippen LogP contribution in [0.4, 0.5) is 0 Å². The molecular weight excluding hydrogens is 364 g/mol. The monoisotopic (exact) mass is 412 g/mol. The Bertz CT molecular complexity index is 368. The summed E-state index contributed by atoms with van der Waals surface area (Å²) in [5.41, 5.74) is 0. The molecule has 0 aliphatic heterocycles. The highest BCUT2D eigenvalue weighted by Crippen LogP contribution is 2.10. The first-order valence-corrected chi connectivity index (χ1v) is 12.5. The second kappa shape index (κ2) is 23.2. The number of carbonyl (C=O) groups excluding carboxylic acids is 2. The van der Waals surface area contributed by atoms with Crippen molar-refractivity contribution in [2.75, 3.05) is 13.2 Å². The summed E-state index contributed by atoms with van der Waals surface area (Å²) in [6, 6.07) is 0. The van der Waals surface area contributed by atoms with Crippen LogP contribution in [-0.4, -0.2) is 25.2 Å². The van der Waals surface area contributed by atoms with Crippen molar-refractivity contribution in [1.82, 2.24) is 0 Å². The minimum Gasteiger partial charge on any atom is -0.466 e. The summed E-state index contributed by atoms with van der Waals surface area (Å²) >= 11 is 0. The summed E-state index contributed by atoms with van der Waals surface area (Å²) in [5, 5.41) is 0. The van der Waals surface area contributed by atoms with E-state index >= 15 is 0 Å². The zero-order valence-electron chi connectivity index (χ0n) is 19.5. The molecule has 0 saturated heterocycles. The first-order valence-electron chi connectivity index (χ1n) is 12.5. The predicted molar refractivity (Wildman–Crippen MR) is 121 cm³/mol. The average molecular weight is 413 g/mol. The first-order chi connectivity index (χ1) is 14.2. The van der Waals surface area contributed by atoms with Crippen molar-refractivity contribution in [3.8, 4) is 0 Å². The Morgan fingerprint density at radius 1 is 0.448 bits per heavy atom. The Hall–Kier alpha value is -1.06. The van der Waals surface area contributed by atoms with Gasteiger partial charge in [0.25, 0.3) is 0 Å². The highest BCUT2D eigenvalue weighted by molar-refractivity contribution is 5.69. The van der Waals surface area contributed by atoms with E-state index in [9.17, 15) is 9.59 Å². The third-order valence-electron chi connectivity index (χ3n) is 5.28. The van der Waals surface area contributed by atoms with Crippen molar-refractivity contribution in [2.24, 2.45) is 0 Å². The van der Waals surface area contributed by atoms with Crippen LogP contribution in [0.15, 0.2) is 0 Å². The Labute approximate surface area is 180 Å². The van der Waals surface area contributed by atoms with Crippen molar-refractivity contribution in [1.29, 1.82) is 0 Å². The van der Waals surface area contributed by atoms with Crippen LogP contribution in [-0.2, 0) is 19.1 Å². The van der Waals surface area contributed by atoms with Gasteiger partial charge in [-0.3, -0.25) is 9.59 Å². The third kappa shape index (κ3) is 23.1. The van der Waals surface area contributed by atoms with Crippen LogP contribution in [0, 0.1) is 0 Å². The number of esters is 2. The van der Waals surface area contributed by atoms with Gasteiger partial charge in [-0.25, -0.2) is 0 Å². The Balaban J connectivity index is 3.28. The maximum Gasteiger partial charge on any atom is 0.305 e. The summed E-state index contributed by atoms with van der Waals surface area (Å²) < 4.78 is 10.5. The molecule has 0 aromatic rings. The average Bonchev–Trinajstić information content (AvgIpc) is 2.71. The molecule has 0 spiro atoms. The van der Waals surface area contributed by atoms with Crippen molar-refractivity contribution in [3.05, 3.63) is 0 Å². The molecule has 4 heteroatoms. The molecule has 0 unspecified atom stereocenters. The van der Waals surface area contributed by atoms with Gasteiger partial charge in [-0.05, 0) is 25.7 Å². The van der Waals surface area contributed by atoms with Crippen LogP contribution < -0.4 is 0 Å². The van der Waals surface area contributed by atoms with Gasteiger partial charge < -0.3 is 9.47 Å². The van der Waals surface area contributed by atoms with E-state index in [-0.39, 0.29) is 11.9 Å². The van der Waals surface area contributed by atoms with Gasteiger partial charge in [-0.15, -0.1) is 0 Å². The molecule has 0 saturated carbocycles. The van der Waals surface area contributed by atoms with Crippen molar-refractivity contribution in [3.63, 3.8) is 0 Å². The minimum atomic E-state index is -0.103. The van der Waals surface area contributed by atoms with Gasteiger partial charge >= 0.3 is 11.9 Å². The number of unbranched alkanes of at least 4 members (excludes halogenated alkanes) is 14. The standard InChI is InChI=1S/C25H48O4/c1-3-5-7-9-10-11-12-14-19-23-29-25(27)21-17-15-16-20-24(26)28-22-18-13-8-6-4-2/h3-23H2,1-2H3. The van der Waals surface area contributed by atoms with Crippen LogP contribution in [0.3, 0.4) is 0 Å². The lowest BCUT2D eigenvalue weighted by atomic mass is 10.1. The van der Waals surface area contributed by atoms with Gasteiger partial charge in [0, 0.05) is 12.8 Å². The maximum atomic E-state index is 11.7. The Kier molecular flexibility index (Phi) is 22.4. The van der Waals surface area contributed by atoms with E-state index in [0.717, 1.165) is 44.9 Å². The summed E-state index contributed by atoms with van der Waals surface area (Å²) in [6.07, 6.45) is 20.6. The fraction of sp³-hybridized carbons (Fsp3) is 0.920. The van der Waals surface area contributed by atoms with Crippen LogP contribution in [0.1, 0.15) is 136 Å². The molecule has 0 N–H and O–H groups in total. The van der Waals surface area contributed by atoms with Gasteiger partial charge in [0.1, 0.15) is 0 Å². The lowest BCUT2D eigenvalue weighted by Gasteiger charge is -2.06. The number of hydrogen-bond donors (Lipinski definition) is 0. The second-order valence-electron chi connectivity index (χ2n) is 8.24. The first kappa shape index (κ1) is 27.9. The molecule has 0 atom stereocenters. The fourth-order valence-electron chi connectivity index (χ4n) is 3.35. The van der Waals surface area contributed by atoms with E-state index in [0.29, 0.717) is 26.1 Å². The normalized spacial score (nSPS) is 10.8. The lowest BCUT2D eigenvalue weighted by molar-refractivity contribution is -0.144. The molecule has 0 aliphatic carbocycles. The second-order valence-corrected chi connectivity index (χ2v) is 8.24. The van der Waals surface area contributed by atoms with Crippen molar-refractivity contribution in [2.45, 2.75) is 136 Å². The third-order valence-corrected chi connectivity index (χ3v) is 5.28. The topological polar surface area (TPSA) is 52.6 Å². The molecule has 0 aliphatic rings. The van der Waals surface area contributed by atoms with Crippen LogP contribution in [0.2, 0.25) is 0 Å². The number of carbonyl (C=O) groups is 2. The number of rotatable bonds is 22. The molecule has 0 rings (SSSR count). The summed E-state index contributed by atoms with van der Waals surface area (Å²) in [7, 11) is 0. The summed E-state index contributed by atoms with van der Waals surface area (Å²) in [6.45, 7) is 5.54. The molecular formula is C25H48O4. The van der Waals surface area contributed by atoms with E-state index in [1.54, 1.807) is 0 Å². The molecule has 29 heavy (non-hydrogen) atoms. The highest BCUT2D eigenvalue weighted by Gasteiger charge is 2.05. The van der Waals surface area contributed by atoms with E-state index in [1.807, 2.05) is 0 Å².